The Morgan fingerprint density at radius 1 is 0.931 bits per heavy atom. The molecule has 0 spiro atoms. The number of hydrogen-bond donors (Lipinski definition) is 2. The first-order chi connectivity index (χ1) is 14.0. The first-order valence-electron chi connectivity index (χ1n) is 10.5. The van der Waals surface area contributed by atoms with Crippen molar-refractivity contribution in [1.29, 1.82) is 0 Å². The van der Waals surface area contributed by atoms with Gasteiger partial charge in [-0.2, -0.15) is 0 Å². The van der Waals surface area contributed by atoms with Crippen LogP contribution in [-0.2, 0) is 11.1 Å². The topological polar surface area (TPSA) is 108 Å². The van der Waals surface area contributed by atoms with Crippen LogP contribution in [0.1, 0.15) is 51.0 Å². The van der Waals surface area contributed by atoms with Gasteiger partial charge in [-0.15, -0.1) is 0 Å². The largest absolute Gasteiger partial charge is 0.773 e. The van der Waals surface area contributed by atoms with Crippen molar-refractivity contribution in [3.05, 3.63) is 11.9 Å². The van der Waals surface area contributed by atoms with E-state index in [-0.39, 0.29) is 12.2 Å². The first-order valence-corrected chi connectivity index (χ1v) is 12.0. The Kier molecular flexibility index (Phi) is 10.8. The summed E-state index contributed by atoms with van der Waals surface area (Å²) in [4.78, 5) is 8.56. The third-order valence-corrected chi connectivity index (χ3v) is 4.99. The Labute approximate surface area is 176 Å². The van der Waals surface area contributed by atoms with Gasteiger partial charge in [0.15, 0.2) is 0 Å². The zero-order chi connectivity index (χ0) is 21.1. The fourth-order valence-corrected chi connectivity index (χ4v) is 2.97. The maximum atomic E-state index is 9.00. The van der Waals surface area contributed by atoms with E-state index in [0.29, 0.717) is 11.8 Å². The van der Waals surface area contributed by atoms with E-state index < -0.39 is 11.1 Å². The fraction of sp³-hybridized carbons (Fsp3) is 0.800. The summed E-state index contributed by atoms with van der Waals surface area (Å²) in [6.45, 7) is 8.29. The van der Waals surface area contributed by atoms with Gasteiger partial charge >= 0.3 is 0 Å². The van der Waals surface area contributed by atoms with Crippen LogP contribution in [0.4, 0.5) is 0 Å². The highest BCUT2D eigenvalue weighted by Crippen LogP contribution is 2.27. The highest BCUT2D eigenvalue weighted by atomic mass is 32.2. The quantitative estimate of drug-likeness (QED) is 0.702. The van der Waals surface area contributed by atoms with Crippen molar-refractivity contribution >= 4 is 11.1 Å². The van der Waals surface area contributed by atoms with Gasteiger partial charge in [0.05, 0.1) is 5.56 Å². The van der Waals surface area contributed by atoms with Crippen LogP contribution >= 0.6 is 0 Å². The van der Waals surface area contributed by atoms with Crippen LogP contribution < -0.4 is 20.1 Å². The van der Waals surface area contributed by atoms with Crippen molar-refractivity contribution in [3.63, 3.8) is 0 Å². The van der Waals surface area contributed by atoms with Crippen LogP contribution in [0.15, 0.2) is 6.33 Å². The van der Waals surface area contributed by atoms with Crippen LogP contribution in [0.5, 0.6) is 11.8 Å². The number of piperidine rings is 2. The third kappa shape index (κ3) is 10.3. The van der Waals surface area contributed by atoms with Crippen LogP contribution in [0.2, 0.25) is 0 Å². The van der Waals surface area contributed by atoms with Gasteiger partial charge in [0.2, 0.25) is 11.8 Å². The van der Waals surface area contributed by atoms with Crippen molar-refractivity contribution in [2.24, 2.45) is 5.92 Å². The maximum absolute atomic E-state index is 9.00. The summed E-state index contributed by atoms with van der Waals surface area (Å²) in [6.07, 6.45) is 10.2. The van der Waals surface area contributed by atoms with Crippen molar-refractivity contribution < 1.29 is 18.2 Å². The molecule has 1 saturated carbocycles. The Bertz CT molecular complexity index is 576. The van der Waals surface area contributed by atoms with Gasteiger partial charge in [0.1, 0.15) is 18.5 Å². The van der Waals surface area contributed by atoms with Gasteiger partial charge in [-0.3, -0.25) is 4.21 Å². The van der Waals surface area contributed by atoms with Crippen molar-refractivity contribution in [1.82, 2.24) is 20.6 Å². The molecular weight excluding hydrogens is 392 g/mol. The predicted molar refractivity (Wildman–Crippen MR) is 113 cm³/mol. The van der Waals surface area contributed by atoms with E-state index in [2.05, 4.69) is 27.5 Å². The number of aromatic nitrogens is 2. The standard InChI is InChI=1S/C15H24N4O2.C4H8.CH4O2S/c1-11-14(20-12-2-6-16-7-3-12)18-10-19-15(11)21-13-4-8-17-9-5-13;1-4-2-3-4;1-4(2)3/h10,12-13,16-17H,2-9H2,1H3;4H,2-3H2,1H3;1H3,(H,2,3)/p-1. The Balaban J connectivity index is 0.000000315. The van der Waals surface area contributed by atoms with Crippen LogP contribution in [0.3, 0.4) is 0 Å². The molecule has 0 amide bonds. The van der Waals surface area contributed by atoms with Crippen molar-refractivity contribution in [2.45, 2.75) is 64.6 Å². The Morgan fingerprint density at radius 2 is 1.28 bits per heavy atom. The lowest BCUT2D eigenvalue weighted by molar-refractivity contribution is 0.142. The van der Waals surface area contributed by atoms with Crippen LogP contribution in [0, 0.1) is 12.8 Å². The van der Waals surface area contributed by atoms with Gasteiger partial charge in [-0.1, -0.05) is 30.8 Å². The zero-order valence-electron chi connectivity index (χ0n) is 17.8. The zero-order valence-corrected chi connectivity index (χ0v) is 18.6. The average molecular weight is 428 g/mol. The predicted octanol–water partition coefficient (Wildman–Crippen LogP) is 1.96. The summed E-state index contributed by atoms with van der Waals surface area (Å²) in [7, 11) is 0. The highest BCUT2D eigenvalue weighted by molar-refractivity contribution is 7.78. The Hall–Kier alpha value is -1.29. The minimum Gasteiger partial charge on any atom is -0.773 e. The smallest absolute Gasteiger partial charge is 0.223 e. The molecule has 1 atom stereocenters. The minimum absolute atomic E-state index is 0.242. The SMILES string of the molecule is CC1CC1.CS(=O)[O-].Cc1c(OC2CCNCC2)ncnc1OC1CCNCC1. The molecule has 1 aliphatic carbocycles. The van der Waals surface area contributed by atoms with Crippen molar-refractivity contribution in [3.8, 4) is 11.8 Å². The number of nitrogens with one attached hydrogen (secondary N) is 2. The second kappa shape index (κ2) is 13.1. The van der Waals surface area contributed by atoms with E-state index >= 15 is 0 Å². The number of hydrogen-bond acceptors (Lipinski definition) is 8. The average Bonchev–Trinajstić information content (AvgIpc) is 3.49. The summed E-state index contributed by atoms with van der Waals surface area (Å²) in [5.41, 5.74) is 0.912. The highest BCUT2D eigenvalue weighted by Gasteiger charge is 2.20. The molecule has 9 heteroatoms. The molecule has 0 bridgehead atoms. The van der Waals surface area contributed by atoms with E-state index in [1.165, 1.54) is 12.8 Å². The molecule has 1 aromatic heterocycles. The van der Waals surface area contributed by atoms with Gasteiger partial charge in [0.25, 0.3) is 0 Å². The lowest BCUT2D eigenvalue weighted by Crippen LogP contribution is -2.35. The van der Waals surface area contributed by atoms with Crippen molar-refractivity contribution in [2.75, 3.05) is 32.4 Å². The van der Waals surface area contributed by atoms with E-state index in [0.717, 1.165) is 69.6 Å². The van der Waals surface area contributed by atoms with E-state index in [1.807, 2.05) is 6.92 Å². The Morgan fingerprint density at radius 3 is 1.59 bits per heavy atom. The first kappa shape index (κ1) is 24.0. The molecule has 2 N–H and O–H groups in total. The second-order valence-electron chi connectivity index (χ2n) is 7.83. The van der Waals surface area contributed by atoms with E-state index in [1.54, 1.807) is 6.33 Å². The van der Waals surface area contributed by atoms with Gasteiger partial charge in [0, 0.05) is 0 Å². The number of nitrogens with zero attached hydrogens (tertiary/aromatic N) is 2. The molecule has 0 aromatic carbocycles. The summed E-state index contributed by atoms with van der Waals surface area (Å²) in [5.74, 6) is 2.42. The summed E-state index contributed by atoms with van der Waals surface area (Å²) < 4.78 is 30.1. The normalized spacial score (nSPS) is 21.1. The molecule has 3 heterocycles. The fourth-order valence-electron chi connectivity index (χ4n) is 2.97. The summed E-state index contributed by atoms with van der Waals surface area (Å²) in [6, 6.07) is 0. The molecule has 0 radical (unpaired) electrons. The minimum atomic E-state index is -1.86. The van der Waals surface area contributed by atoms with Crippen LogP contribution in [0.25, 0.3) is 0 Å². The molecule has 166 valence electrons. The molecule has 2 saturated heterocycles. The number of rotatable bonds is 4. The van der Waals surface area contributed by atoms with Gasteiger partial charge in [-0.05, 0) is 71.0 Å². The van der Waals surface area contributed by atoms with E-state index in [4.69, 9.17) is 18.2 Å². The number of ether oxygens (including phenoxy) is 2. The second-order valence-corrected chi connectivity index (χ2v) is 8.63. The molecular formula is C20H35N4O4S-. The van der Waals surface area contributed by atoms with Crippen LogP contribution in [-0.4, -0.2) is 63.4 Å². The molecule has 3 fully saturated rings. The molecule has 2 aliphatic heterocycles. The maximum Gasteiger partial charge on any atom is 0.223 e. The van der Waals surface area contributed by atoms with Gasteiger partial charge in [-0.25, -0.2) is 9.97 Å². The molecule has 1 unspecified atom stereocenters. The summed E-state index contributed by atoms with van der Waals surface area (Å²) in [5, 5.41) is 6.67. The lowest BCUT2D eigenvalue weighted by Gasteiger charge is -2.26. The molecule has 29 heavy (non-hydrogen) atoms. The molecule has 3 aliphatic rings. The summed E-state index contributed by atoms with van der Waals surface area (Å²) >= 11 is -1.86. The van der Waals surface area contributed by atoms with E-state index in [9.17, 15) is 0 Å². The lowest BCUT2D eigenvalue weighted by atomic mass is 10.1. The third-order valence-electron chi connectivity index (χ3n) is 4.99. The molecule has 4 rings (SSSR count). The monoisotopic (exact) mass is 427 g/mol. The molecule has 8 nitrogen and oxygen atoms in total. The molecule has 1 aromatic rings. The van der Waals surface area contributed by atoms with Gasteiger partial charge < -0.3 is 24.7 Å².